The van der Waals surface area contributed by atoms with E-state index in [-0.39, 0.29) is 11.3 Å². The van der Waals surface area contributed by atoms with Crippen LogP contribution in [-0.2, 0) is 0 Å². The highest BCUT2D eigenvalue weighted by molar-refractivity contribution is 7.18. The summed E-state index contributed by atoms with van der Waals surface area (Å²) < 4.78 is 26.7. The highest BCUT2D eigenvalue weighted by Gasteiger charge is 2.07. The number of ketones is 1. The lowest BCUT2D eigenvalue weighted by Crippen LogP contribution is -1.91. The fourth-order valence-corrected chi connectivity index (χ4v) is 2.31. The van der Waals surface area contributed by atoms with Gasteiger partial charge in [0.2, 0.25) is 0 Å². The molecule has 0 saturated carbocycles. The van der Waals surface area contributed by atoms with Gasteiger partial charge in [-0.25, -0.2) is 8.78 Å². The van der Waals surface area contributed by atoms with E-state index in [0.717, 1.165) is 17.4 Å². The molecule has 0 bridgehead atoms. The molecule has 5 heteroatoms. The molecule has 0 atom stereocenters. The standard InChI is InChI=1S/C13H7ClF2OS/c14-12-7-6-11(18-12)10(17)5-4-8-2-1-3-9(15)13(8)16/h1-7H. The molecule has 0 amide bonds. The number of carbonyl (C=O) groups is 1. The first-order valence-electron chi connectivity index (χ1n) is 4.99. The molecule has 1 heterocycles. The first-order valence-corrected chi connectivity index (χ1v) is 6.19. The average molecular weight is 285 g/mol. The van der Waals surface area contributed by atoms with E-state index in [2.05, 4.69) is 0 Å². The van der Waals surface area contributed by atoms with Crippen LogP contribution in [0.2, 0.25) is 4.34 Å². The Labute approximate surface area is 111 Å². The molecule has 0 radical (unpaired) electrons. The Kier molecular flexibility index (Phi) is 3.89. The number of allylic oxidation sites excluding steroid dienone is 1. The van der Waals surface area contributed by atoms with Gasteiger partial charge in [0.05, 0.1) is 9.21 Å². The second kappa shape index (κ2) is 5.42. The van der Waals surface area contributed by atoms with E-state index >= 15 is 0 Å². The van der Waals surface area contributed by atoms with E-state index in [9.17, 15) is 13.6 Å². The minimum Gasteiger partial charge on any atom is -0.288 e. The third-order valence-electron chi connectivity index (χ3n) is 2.21. The lowest BCUT2D eigenvalue weighted by molar-refractivity contribution is 0.105. The Morgan fingerprint density at radius 2 is 2.00 bits per heavy atom. The Morgan fingerprint density at radius 1 is 1.22 bits per heavy atom. The third kappa shape index (κ3) is 2.83. The average Bonchev–Trinajstić information content (AvgIpc) is 2.77. The van der Waals surface area contributed by atoms with Crippen LogP contribution in [0.15, 0.2) is 36.4 Å². The Balaban J connectivity index is 2.21. The van der Waals surface area contributed by atoms with Gasteiger partial charge in [-0.05, 0) is 30.4 Å². The van der Waals surface area contributed by atoms with Crippen LogP contribution in [-0.4, -0.2) is 5.78 Å². The van der Waals surface area contributed by atoms with Gasteiger partial charge in [0.1, 0.15) is 0 Å². The van der Waals surface area contributed by atoms with Crippen LogP contribution in [0.5, 0.6) is 0 Å². The van der Waals surface area contributed by atoms with E-state index in [0.29, 0.717) is 9.21 Å². The SMILES string of the molecule is O=C(C=Cc1cccc(F)c1F)c1ccc(Cl)s1. The van der Waals surface area contributed by atoms with Crippen molar-refractivity contribution in [3.05, 3.63) is 62.8 Å². The van der Waals surface area contributed by atoms with Crippen molar-refractivity contribution in [3.8, 4) is 0 Å². The molecule has 0 unspecified atom stereocenters. The van der Waals surface area contributed by atoms with Gasteiger partial charge in [-0.2, -0.15) is 0 Å². The van der Waals surface area contributed by atoms with Crippen molar-refractivity contribution in [1.29, 1.82) is 0 Å². The summed E-state index contributed by atoms with van der Waals surface area (Å²) in [6, 6.07) is 6.99. The number of benzene rings is 1. The van der Waals surface area contributed by atoms with E-state index in [4.69, 9.17) is 11.6 Å². The molecule has 0 spiro atoms. The minimum atomic E-state index is -0.967. The van der Waals surface area contributed by atoms with E-state index in [1.54, 1.807) is 12.1 Å². The summed E-state index contributed by atoms with van der Waals surface area (Å²) in [5.74, 6) is -2.20. The van der Waals surface area contributed by atoms with Gasteiger partial charge in [-0.3, -0.25) is 4.79 Å². The zero-order chi connectivity index (χ0) is 13.1. The number of rotatable bonds is 3. The fraction of sp³-hybridized carbons (Fsp3) is 0. The highest BCUT2D eigenvalue weighted by atomic mass is 35.5. The fourth-order valence-electron chi connectivity index (χ4n) is 1.34. The molecule has 1 nitrogen and oxygen atoms in total. The molecule has 0 aliphatic carbocycles. The van der Waals surface area contributed by atoms with Gasteiger partial charge in [-0.1, -0.05) is 23.7 Å². The van der Waals surface area contributed by atoms with Crippen LogP contribution >= 0.6 is 22.9 Å². The zero-order valence-electron chi connectivity index (χ0n) is 8.99. The van der Waals surface area contributed by atoms with E-state index in [1.807, 2.05) is 0 Å². The monoisotopic (exact) mass is 284 g/mol. The van der Waals surface area contributed by atoms with Gasteiger partial charge >= 0.3 is 0 Å². The van der Waals surface area contributed by atoms with Crippen LogP contribution in [0.1, 0.15) is 15.2 Å². The molecule has 2 rings (SSSR count). The lowest BCUT2D eigenvalue weighted by atomic mass is 10.1. The number of thiophene rings is 1. The minimum absolute atomic E-state index is 0.0333. The van der Waals surface area contributed by atoms with Crippen molar-refractivity contribution in [1.82, 2.24) is 0 Å². The summed E-state index contributed by atoms with van der Waals surface area (Å²) in [5, 5.41) is 0. The summed E-state index contributed by atoms with van der Waals surface area (Å²) in [7, 11) is 0. The maximum absolute atomic E-state index is 13.3. The number of hydrogen-bond donors (Lipinski definition) is 0. The summed E-state index contributed by atoms with van der Waals surface area (Å²) >= 11 is 6.84. The second-order valence-electron chi connectivity index (χ2n) is 3.44. The van der Waals surface area contributed by atoms with E-state index in [1.165, 1.54) is 24.3 Å². The van der Waals surface area contributed by atoms with Crippen LogP contribution in [0.4, 0.5) is 8.78 Å². The van der Waals surface area contributed by atoms with Crippen molar-refractivity contribution in [2.45, 2.75) is 0 Å². The van der Waals surface area contributed by atoms with Gasteiger partial charge < -0.3 is 0 Å². The maximum atomic E-state index is 13.3. The molecule has 0 aliphatic heterocycles. The van der Waals surface area contributed by atoms with Crippen LogP contribution < -0.4 is 0 Å². The summed E-state index contributed by atoms with van der Waals surface area (Å²) in [6.45, 7) is 0. The van der Waals surface area contributed by atoms with Crippen molar-refractivity contribution < 1.29 is 13.6 Å². The second-order valence-corrected chi connectivity index (χ2v) is 5.16. The number of hydrogen-bond acceptors (Lipinski definition) is 2. The predicted molar refractivity (Wildman–Crippen MR) is 69.1 cm³/mol. The highest BCUT2D eigenvalue weighted by Crippen LogP contribution is 2.22. The first kappa shape index (κ1) is 12.9. The first-order chi connectivity index (χ1) is 8.58. The largest absolute Gasteiger partial charge is 0.288 e. The quantitative estimate of drug-likeness (QED) is 0.596. The molecule has 0 fully saturated rings. The summed E-state index contributed by atoms with van der Waals surface area (Å²) in [5.41, 5.74) is 0.0333. The topological polar surface area (TPSA) is 17.1 Å². The van der Waals surface area contributed by atoms with Crippen LogP contribution in [0.25, 0.3) is 6.08 Å². The molecule has 1 aromatic carbocycles. The van der Waals surface area contributed by atoms with Crippen molar-refractivity contribution in [2.24, 2.45) is 0 Å². The number of carbonyl (C=O) groups excluding carboxylic acids is 1. The van der Waals surface area contributed by atoms with Crippen molar-refractivity contribution >= 4 is 34.8 Å². The van der Waals surface area contributed by atoms with Gasteiger partial charge in [0, 0.05) is 5.56 Å². The van der Waals surface area contributed by atoms with Gasteiger partial charge in [0.15, 0.2) is 17.4 Å². The third-order valence-corrected chi connectivity index (χ3v) is 3.46. The molecule has 2 aromatic rings. The Morgan fingerprint density at radius 3 is 2.67 bits per heavy atom. The van der Waals surface area contributed by atoms with Crippen molar-refractivity contribution in [2.75, 3.05) is 0 Å². The molecule has 1 aromatic heterocycles. The normalized spacial score (nSPS) is 11.1. The molecule has 0 N–H and O–H groups in total. The molecular weight excluding hydrogens is 278 g/mol. The molecular formula is C13H7ClF2OS. The molecule has 92 valence electrons. The molecule has 0 saturated heterocycles. The lowest BCUT2D eigenvalue weighted by Gasteiger charge is -1.96. The maximum Gasteiger partial charge on any atom is 0.195 e. The Hall–Kier alpha value is -1.52. The van der Waals surface area contributed by atoms with Crippen LogP contribution in [0.3, 0.4) is 0 Å². The van der Waals surface area contributed by atoms with E-state index < -0.39 is 11.6 Å². The summed E-state index contributed by atoms with van der Waals surface area (Å²) in [4.78, 5) is 12.1. The van der Waals surface area contributed by atoms with Gasteiger partial charge in [0.25, 0.3) is 0 Å². The van der Waals surface area contributed by atoms with Gasteiger partial charge in [-0.15, -0.1) is 11.3 Å². The molecule has 18 heavy (non-hydrogen) atoms. The molecule has 0 aliphatic rings. The number of halogens is 3. The zero-order valence-corrected chi connectivity index (χ0v) is 10.6. The smallest absolute Gasteiger partial charge is 0.195 e. The Bertz CT molecular complexity index is 619. The predicted octanol–water partition coefficient (Wildman–Crippen LogP) is 4.58. The van der Waals surface area contributed by atoms with Crippen LogP contribution in [0, 0.1) is 11.6 Å². The van der Waals surface area contributed by atoms with Crippen molar-refractivity contribution in [3.63, 3.8) is 0 Å². The summed E-state index contributed by atoms with van der Waals surface area (Å²) in [6.07, 6.45) is 2.44.